The number of anilines is 1. The van der Waals surface area contributed by atoms with Crippen LogP contribution in [0.2, 0.25) is 0 Å². The summed E-state index contributed by atoms with van der Waals surface area (Å²) in [7, 11) is 0. The second kappa shape index (κ2) is 5.05. The first-order valence-corrected chi connectivity index (χ1v) is 6.61. The van der Waals surface area contributed by atoms with Gasteiger partial charge in [-0.25, -0.2) is 0 Å². The highest BCUT2D eigenvalue weighted by atomic mass is 15.2. The Morgan fingerprint density at radius 3 is 2.76 bits per heavy atom. The topological polar surface area (TPSA) is 28.2 Å². The van der Waals surface area contributed by atoms with Crippen LogP contribution in [0.4, 0.5) is 5.69 Å². The second-order valence-electron chi connectivity index (χ2n) is 5.06. The van der Waals surface area contributed by atoms with Crippen molar-refractivity contribution in [3.63, 3.8) is 0 Å². The lowest BCUT2D eigenvalue weighted by Gasteiger charge is -2.44. The molecule has 1 aliphatic rings. The van der Waals surface area contributed by atoms with Crippen LogP contribution in [0.15, 0.2) is 18.5 Å². The van der Waals surface area contributed by atoms with Crippen molar-refractivity contribution in [3.8, 4) is 0 Å². The number of nitrogens with one attached hydrogen (secondary N) is 1. The lowest BCUT2D eigenvalue weighted by atomic mass is 9.90. The van der Waals surface area contributed by atoms with Gasteiger partial charge >= 0.3 is 0 Å². The average molecular weight is 233 g/mol. The summed E-state index contributed by atoms with van der Waals surface area (Å²) in [5, 5.41) is 3.68. The second-order valence-corrected chi connectivity index (χ2v) is 5.06. The van der Waals surface area contributed by atoms with Crippen molar-refractivity contribution in [3.05, 3.63) is 24.0 Å². The molecule has 0 spiro atoms. The van der Waals surface area contributed by atoms with Crippen molar-refractivity contribution < 1.29 is 0 Å². The maximum absolute atomic E-state index is 4.30. The molecule has 0 aliphatic carbocycles. The summed E-state index contributed by atoms with van der Waals surface area (Å²) < 4.78 is 0. The van der Waals surface area contributed by atoms with Crippen LogP contribution < -0.4 is 10.2 Å². The van der Waals surface area contributed by atoms with Gasteiger partial charge in [0.25, 0.3) is 0 Å². The minimum absolute atomic E-state index is 0.280. The molecule has 1 aromatic heterocycles. The van der Waals surface area contributed by atoms with Crippen LogP contribution >= 0.6 is 0 Å². The molecular weight excluding hydrogens is 210 g/mol. The Labute approximate surface area is 104 Å². The van der Waals surface area contributed by atoms with E-state index in [2.05, 4.69) is 42.0 Å². The quantitative estimate of drug-likeness (QED) is 0.868. The summed E-state index contributed by atoms with van der Waals surface area (Å²) in [6.45, 7) is 9.88. The number of hydrogen-bond acceptors (Lipinski definition) is 3. The van der Waals surface area contributed by atoms with Crippen molar-refractivity contribution in [2.75, 3.05) is 24.5 Å². The first-order chi connectivity index (χ1) is 8.19. The Balaban J connectivity index is 2.17. The third kappa shape index (κ3) is 2.60. The number of pyridine rings is 1. The van der Waals surface area contributed by atoms with Gasteiger partial charge in [-0.15, -0.1) is 0 Å². The summed E-state index contributed by atoms with van der Waals surface area (Å²) in [5.41, 5.74) is 2.78. The molecule has 3 heteroatoms. The molecule has 0 unspecified atom stereocenters. The maximum atomic E-state index is 4.30. The molecule has 17 heavy (non-hydrogen) atoms. The molecule has 1 saturated heterocycles. The predicted octanol–water partition coefficient (Wildman–Crippen LogP) is 2.36. The normalized spacial score (nSPS) is 19.4. The molecule has 1 fully saturated rings. The largest absolute Gasteiger partial charge is 0.367 e. The molecule has 1 aliphatic heterocycles. The van der Waals surface area contributed by atoms with Gasteiger partial charge in [-0.05, 0) is 31.4 Å². The molecule has 1 aromatic rings. The Morgan fingerprint density at radius 1 is 1.35 bits per heavy atom. The van der Waals surface area contributed by atoms with Gasteiger partial charge in [0.15, 0.2) is 0 Å². The summed E-state index contributed by atoms with van der Waals surface area (Å²) in [6, 6.07) is 2.23. The van der Waals surface area contributed by atoms with Gasteiger partial charge in [0.1, 0.15) is 0 Å². The van der Waals surface area contributed by atoms with E-state index in [-0.39, 0.29) is 5.54 Å². The Morgan fingerprint density at radius 2 is 2.12 bits per heavy atom. The monoisotopic (exact) mass is 233 g/mol. The SMILES string of the molecule is CCC1(CC)CN(c2cncc(C)c2)CCN1. The van der Waals surface area contributed by atoms with Crippen molar-refractivity contribution >= 4 is 5.69 Å². The van der Waals surface area contributed by atoms with E-state index in [0.29, 0.717) is 0 Å². The molecule has 0 aromatic carbocycles. The highest BCUT2D eigenvalue weighted by Gasteiger charge is 2.31. The summed E-state index contributed by atoms with van der Waals surface area (Å²) >= 11 is 0. The third-order valence-electron chi connectivity index (χ3n) is 3.95. The van der Waals surface area contributed by atoms with E-state index in [9.17, 15) is 0 Å². The van der Waals surface area contributed by atoms with E-state index in [1.54, 1.807) is 0 Å². The van der Waals surface area contributed by atoms with E-state index < -0.39 is 0 Å². The smallest absolute Gasteiger partial charge is 0.0556 e. The summed E-state index contributed by atoms with van der Waals surface area (Å²) in [5.74, 6) is 0. The zero-order valence-electron chi connectivity index (χ0n) is 11.2. The number of rotatable bonds is 3. The number of piperazine rings is 1. The fraction of sp³-hybridized carbons (Fsp3) is 0.643. The van der Waals surface area contributed by atoms with E-state index in [1.165, 1.54) is 24.1 Å². The molecule has 1 N–H and O–H groups in total. The van der Waals surface area contributed by atoms with Gasteiger partial charge in [0.05, 0.1) is 11.9 Å². The molecule has 2 rings (SSSR count). The van der Waals surface area contributed by atoms with Crippen molar-refractivity contribution in [1.29, 1.82) is 0 Å². The minimum atomic E-state index is 0.280. The Kier molecular flexibility index (Phi) is 3.67. The van der Waals surface area contributed by atoms with Gasteiger partial charge in [0, 0.05) is 31.4 Å². The summed E-state index contributed by atoms with van der Waals surface area (Å²) in [6.07, 6.45) is 6.26. The number of aryl methyl sites for hydroxylation is 1. The van der Waals surface area contributed by atoms with Gasteiger partial charge in [-0.2, -0.15) is 0 Å². The number of hydrogen-bond donors (Lipinski definition) is 1. The Hall–Kier alpha value is -1.09. The van der Waals surface area contributed by atoms with Crippen LogP contribution in [0.25, 0.3) is 0 Å². The molecule has 0 radical (unpaired) electrons. The fourth-order valence-corrected chi connectivity index (χ4v) is 2.61. The molecule has 0 atom stereocenters. The number of aromatic nitrogens is 1. The molecule has 94 valence electrons. The van der Waals surface area contributed by atoms with Crippen LogP contribution in [0.3, 0.4) is 0 Å². The molecule has 2 heterocycles. The molecule has 3 nitrogen and oxygen atoms in total. The zero-order valence-corrected chi connectivity index (χ0v) is 11.2. The van der Waals surface area contributed by atoms with E-state index >= 15 is 0 Å². The maximum Gasteiger partial charge on any atom is 0.0556 e. The standard InChI is InChI=1S/C14H23N3/c1-4-14(5-2)11-17(7-6-16-14)13-8-12(3)9-15-10-13/h8-10,16H,4-7,11H2,1-3H3. The third-order valence-corrected chi connectivity index (χ3v) is 3.95. The van der Waals surface area contributed by atoms with Crippen LogP contribution in [0, 0.1) is 6.92 Å². The molecule has 0 amide bonds. The van der Waals surface area contributed by atoms with E-state index in [1.807, 2.05) is 12.4 Å². The lowest BCUT2D eigenvalue weighted by molar-refractivity contribution is 0.277. The van der Waals surface area contributed by atoms with Crippen molar-refractivity contribution in [2.24, 2.45) is 0 Å². The highest BCUT2D eigenvalue weighted by molar-refractivity contribution is 5.47. The zero-order chi connectivity index (χ0) is 12.3. The van der Waals surface area contributed by atoms with Crippen LogP contribution in [-0.4, -0.2) is 30.2 Å². The lowest BCUT2D eigenvalue weighted by Crippen LogP contribution is -2.60. The van der Waals surface area contributed by atoms with Gasteiger partial charge < -0.3 is 10.2 Å². The Bertz CT molecular complexity index is 371. The highest BCUT2D eigenvalue weighted by Crippen LogP contribution is 2.24. The first kappa shape index (κ1) is 12.4. The first-order valence-electron chi connectivity index (χ1n) is 6.61. The number of nitrogens with zero attached hydrogens (tertiary/aromatic N) is 2. The fourth-order valence-electron chi connectivity index (χ4n) is 2.61. The van der Waals surface area contributed by atoms with Gasteiger partial charge in [-0.1, -0.05) is 13.8 Å². The van der Waals surface area contributed by atoms with Crippen LogP contribution in [-0.2, 0) is 0 Å². The minimum Gasteiger partial charge on any atom is -0.367 e. The van der Waals surface area contributed by atoms with Gasteiger partial charge in [-0.3, -0.25) is 4.98 Å². The van der Waals surface area contributed by atoms with E-state index in [4.69, 9.17) is 0 Å². The van der Waals surface area contributed by atoms with Crippen LogP contribution in [0.5, 0.6) is 0 Å². The van der Waals surface area contributed by atoms with Crippen molar-refractivity contribution in [2.45, 2.75) is 39.2 Å². The average Bonchev–Trinajstić information content (AvgIpc) is 2.39. The van der Waals surface area contributed by atoms with Crippen molar-refractivity contribution in [1.82, 2.24) is 10.3 Å². The molecule has 0 saturated carbocycles. The molecular formula is C14H23N3. The van der Waals surface area contributed by atoms with Gasteiger partial charge in [0.2, 0.25) is 0 Å². The van der Waals surface area contributed by atoms with Crippen LogP contribution in [0.1, 0.15) is 32.3 Å². The predicted molar refractivity (Wildman–Crippen MR) is 72.5 cm³/mol. The van der Waals surface area contributed by atoms with E-state index in [0.717, 1.165) is 19.6 Å². The molecule has 0 bridgehead atoms. The summed E-state index contributed by atoms with van der Waals surface area (Å²) in [4.78, 5) is 6.76.